The molecule has 1 aliphatic heterocycles. The summed E-state index contributed by atoms with van der Waals surface area (Å²) in [5.74, 6) is -0.873. The van der Waals surface area contributed by atoms with Gasteiger partial charge in [0.2, 0.25) is 5.91 Å². The molecule has 5 heteroatoms. The molecule has 2 unspecified atom stereocenters. The number of hydrogen-bond donors (Lipinski definition) is 2. The predicted octanol–water partition coefficient (Wildman–Crippen LogP) is 1.98. The van der Waals surface area contributed by atoms with Gasteiger partial charge in [-0.1, -0.05) is 25.1 Å². The second-order valence-corrected chi connectivity index (χ2v) is 5.47. The normalized spacial score (nSPS) is 18.2. The number of rotatable bonds is 6. The van der Waals surface area contributed by atoms with Crippen molar-refractivity contribution in [3.8, 4) is 0 Å². The largest absolute Gasteiger partial charge is 0.481 e. The molecule has 0 radical (unpaired) electrons. The Hall–Kier alpha value is -2.04. The number of carboxylic acid groups (broad SMARTS) is 1. The fourth-order valence-corrected chi connectivity index (χ4v) is 2.82. The molecule has 1 aromatic rings. The highest BCUT2D eigenvalue weighted by atomic mass is 16.4. The molecule has 2 N–H and O–H groups in total. The van der Waals surface area contributed by atoms with E-state index in [-0.39, 0.29) is 24.3 Å². The number of aliphatic carboxylic acids is 1. The molecule has 1 heterocycles. The number of para-hydroxylation sites is 1. The summed E-state index contributed by atoms with van der Waals surface area (Å²) in [7, 11) is 0. The monoisotopic (exact) mass is 290 g/mol. The first-order valence-corrected chi connectivity index (χ1v) is 7.39. The van der Waals surface area contributed by atoms with Crippen molar-refractivity contribution in [1.29, 1.82) is 0 Å². The smallest absolute Gasteiger partial charge is 0.304 e. The van der Waals surface area contributed by atoms with E-state index in [9.17, 15) is 9.59 Å². The molecule has 2 rings (SSSR count). The van der Waals surface area contributed by atoms with Crippen LogP contribution in [0, 0.1) is 0 Å². The zero-order chi connectivity index (χ0) is 15.4. The third kappa shape index (κ3) is 3.35. The summed E-state index contributed by atoms with van der Waals surface area (Å²) in [5, 5.41) is 12.0. The van der Waals surface area contributed by atoms with Crippen molar-refractivity contribution < 1.29 is 14.7 Å². The van der Waals surface area contributed by atoms with Gasteiger partial charge in [0.05, 0.1) is 6.42 Å². The van der Waals surface area contributed by atoms with Crippen molar-refractivity contribution in [2.45, 2.75) is 38.6 Å². The van der Waals surface area contributed by atoms with E-state index >= 15 is 0 Å². The topological polar surface area (TPSA) is 69.6 Å². The van der Waals surface area contributed by atoms with Crippen LogP contribution in [0.25, 0.3) is 0 Å². The molecule has 0 aromatic heterocycles. The van der Waals surface area contributed by atoms with Crippen LogP contribution in [0.15, 0.2) is 24.3 Å². The maximum absolute atomic E-state index is 12.2. The highest BCUT2D eigenvalue weighted by molar-refractivity contribution is 5.86. The van der Waals surface area contributed by atoms with Crippen LogP contribution < -0.4 is 10.2 Å². The number of benzene rings is 1. The van der Waals surface area contributed by atoms with E-state index in [1.807, 2.05) is 43.0 Å². The van der Waals surface area contributed by atoms with E-state index in [1.165, 1.54) is 0 Å². The summed E-state index contributed by atoms with van der Waals surface area (Å²) >= 11 is 0. The maximum Gasteiger partial charge on any atom is 0.304 e. The van der Waals surface area contributed by atoms with Crippen molar-refractivity contribution in [1.82, 2.24) is 5.32 Å². The highest BCUT2D eigenvalue weighted by Gasteiger charge is 2.34. The van der Waals surface area contributed by atoms with Gasteiger partial charge in [-0.15, -0.1) is 0 Å². The molecule has 5 nitrogen and oxygen atoms in total. The molecule has 0 saturated heterocycles. The van der Waals surface area contributed by atoms with Crippen molar-refractivity contribution >= 4 is 17.6 Å². The first-order chi connectivity index (χ1) is 10.0. The van der Waals surface area contributed by atoms with Gasteiger partial charge in [0.1, 0.15) is 6.04 Å². The van der Waals surface area contributed by atoms with Crippen LogP contribution in [-0.4, -0.2) is 36.1 Å². The molecule has 1 amide bonds. The lowest BCUT2D eigenvalue weighted by Gasteiger charge is -2.26. The van der Waals surface area contributed by atoms with Crippen LogP contribution in [-0.2, 0) is 9.59 Å². The summed E-state index contributed by atoms with van der Waals surface area (Å²) in [6.07, 6.45) is 0.994. The van der Waals surface area contributed by atoms with Crippen molar-refractivity contribution in [2.24, 2.45) is 0 Å². The first kappa shape index (κ1) is 15.4. The quantitative estimate of drug-likeness (QED) is 0.840. The Labute approximate surface area is 125 Å². The Morgan fingerprint density at radius 1 is 1.43 bits per heavy atom. The van der Waals surface area contributed by atoms with Gasteiger partial charge in [-0.05, 0) is 25.0 Å². The van der Waals surface area contributed by atoms with Gasteiger partial charge >= 0.3 is 5.97 Å². The number of hydrogen-bond acceptors (Lipinski definition) is 3. The molecule has 1 aromatic carbocycles. The molecular formula is C16H22N2O3. The van der Waals surface area contributed by atoms with Crippen LogP contribution in [0.1, 0.15) is 38.2 Å². The highest BCUT2D eigenvalue weighted by Crippen LogP contribution is 2.39. The average molecular weight is 290 g/mol. The number of amides is 1. The number of fused-ring (bicyclic) bond motifs is 1. The van der Waals surface area contributed by atoms with Crippen LogP contribution in [0.5, 0.6) is 0 Å². The van der Waals surface area contributed by atoms with Gasteiger partial charge in [-0.3, -0.25) is 9.59 Å². The molecule has 0 saturated carbocycles. The molecule has 2 atom stereocenters. The number of carbonyl (C=O) groups excluding carboxylic acids is 1. The van der Waals surface area contributed by atoms with Gasteiger partial charge in [-0.25, -0.2) is 0 Å². The molecule has 0 bridgehead atoms. The zero-order valence-electron chi connectivity index (χ0n) is 12.5. The number of carbonyl (C=O) groups is 2. The third-order valence-electron chi connectivity index (χ3n) is 3.92. The SMILES string of the molecule is CCCNC(=O)C(C)N1CC(CC(=O)O)c2ccccc21. The standard InChI is InChI=1S/C16H22N2O3/c1-3-8-17-16(21)11(2)18-10-12(9-15(19)20)13-6-4-5-7-14(13)18/h4-7,11-12H,3,8-10H2,1-2H3,(H,17,21)(H,19,20). The Bertz CT molecular complexity index is 530. The maximum atomic E-state index is 12.2. The summed E-state index contributed by atoms with van der Waals surface area (Å²) in [6.45, 7) is 5.12. The molecule has 114 valence electrons. The molecular weight excluding hydrogens is 268 g/mol. The second kappa shape index (κ2) is 6.61. The van der Waals surface area contributed by atoms with Gasteiger partial charge < -0.3 is 15.3 Å². The molecule has 0 fully saturated rings. The van der Waals surface area contributed by atoms with Crippen molar-refractivity contribution in [3.05, 3.63) is 29.8 Å². The fraction of sp³-hybridized carbons (Fsp3) is 0.500. The summed E-state index contributed by atoms with van der Waals surface area (Å²) in [6, 6.07) is 7.46. The minimum absolute atomic E-state index is 0.0115. The van der Waals surface area contributed by atoms with E-state index in [0.717, 1.165) is 17.7 Å². The summed E-state index contributed by atoms with van der Waals surface area (Å²) in [5.41, 5.74) is 2.00. The van der Waals surface area contributed by atoms with Crippen molar-refractivity contribution in [3.63, 3.8) is 0 Å². The molecule has 1 aliphatic rings. The number of carboxylic acids is 1. The minimum Gasteiger partial charge on any atom is -0.481 e. The summed E-state index contributed by atoms with van der Waals surface area (Å²) < 4.78 is 0. The Morgan fingerprint density at radius 2 is 2.14 bits per heavy atom. The lowest BCUT2D eigenvalue weighted by molar-refractivity contribution is -0.137. The molecule has 21 heavy (non-hydrogen) atoms. The van der Waals surface area contributed by atoms with E-state index in [0.29, 0.717) is 13.1 Å². The lowest BCUT2D eigenvalue weighted by Crippen LogP contribution is -2.45. The molecule has 0 aliphatic carbocycles. The summed E-state index contributed by atoms with van der Waals surface area (Å²) in [4.78, 5) is 25.2. The van der Waals surface area contributed by atoms with Gasteiger partial charge in [0.25, 0.3) is 0 Å². The van der Waals surface area contributed by atoms with Gasteiger partial charge in [0, 0.05) is 24.7 Å². The van der Waals surface area contributed by atoms with Gasteiger partial charge in [-0.2, -0.15) is 0 Å². The van der Waals surface area contributed by atoms with E-state index < -0.39 is 5.97 Å². The fourth-order valence-electron chi connectivity index (χ4n) is 2.82. The average Bonchev–Trinajstić information content (AvgIpc) is 2.82. The number of nitrogens with zero attached hydrogens (tertiary/aromatic N) is 1. The van der Waals surface area contributed by atoms with Crippen LogP contribution in [0.4, 0.5) is 5.69 Å². The predicted molar refractivity (Wildman–Crippen MR) is 81.5 cm³/mol. The minimum atomic E-state index is -0.806. The molecule has 0 spiro atoms. The van der Waals surface area contributed by atoms with Crippen LogP contribution >= 0.6 is 0 Å². The van der Waals surface area contributed by atoms with E-state index in [1.54, 1.807) is 0 Å². The third-order valence-corrected chi connectivity index (χ3v) is 3.92. The first-order valence-electron chi connectivity index (χ1n) is 7.39. The Balaban J connectivity index is 2.18. The van der Waals surface area contributed by atoms with Crippen molar-refractivity contribution in [2.75, 3.05) is 18.0 Å². The number of anilines is 1. The lowest BCUT2D eigenvalue weighted by atomic mass is 9.98. The van der Waals surface area contributed by atoms with Gasteiger partial charge in [0.15, 0.2) is 0 Å². The van der Waals surface area contributed by atoms with E-state index in [2.05, 4.69) is 5.32 Å². The zero-order valence-corrected chi connectivity index (χ0v) is 12.5. The van der Waals surface area contributed by atoms with Crippen LogP contribution in [0.2, 0.25) is 0 Å². The Morgan fingerprint density at radius 3 is 2.81 bits per heavy atom. The Kier molecular flexibility index (Phi) is 4.83. The van der Waals surface area contributed by atoms with Crippen LogP contribution in [0.3, 0.4) is 0 Å². The number of nitrogens with one attached hydrogen (secondary N) is 1. The van der Waals surface area contributed by atoms with E-state index in [4.69, 9.17) is 5.11 Å². The second-order valence-electron chi connectivity index (χ2n) is 5.47.